The second-order valence-electron chi connectivity index (χ2n) is 7.26. The van der Waals surface area contributed by atoms with Crippen molar-refractivity contribution in [2.24, 2.45) is 0 Å². The third kappa shape index (κ3) is 4.96. The lowest BCUT2D eigenvalue weighted by Crippen LogP contribution is -2.32. The molecule has 0 spiro atoms. The Labute approximate surface area is 170 Å². The molecule has 1 aliphatic heterocycles. The SMILES string of the molecule is Cc1cnn(CC(=O)N[C@@H](CCc2ccccc2)c2ccc3c(c2)OCCO3)c1. The molecule has 0 radical (unpaired) electrons. The van der Waals surface area contributed by atoms with Crippen molar-refractivity contribution in [2.75, 3.05) is 13.2 Å². The van der Waals surface area contributed by atoms with Gasteiger partial charge in [0.25, 0.3) is 0 Å². The van der Waals surface area contributed by atoms with Crippen molar-refractivity contribution >= 4 is 5.91 Å². The van der Waals surface area contributed by atoms with Crippen LogP contribution in [-0.2, 0) is 17.8 Å². The molecule has 2 aromatic carbocycles. The normalized spacial score (nSPS) is 13.7. The third-order valence-electron chi connectivity index (χ3n) is 4.94. The van der Waals surface area contributed by atoms with Crippen LogP contribution in [0.15, 0.2) is 60.9 Å². The fourth-order valence-corrected chi connectivity index (χ4v) is 3.50. The minimum absolute atomic E-state index is 0.0685. The van der Waals surface area contributed by atoms with Gasteiger partial charge in [-0.1, -0.05) is 36.4 Å². The van der Waals surface area contributed by atoms with Crippen LogP contribution in [0.3, 0.4) is 0 Å². The van der Waals surface area contributed by atoms with E-state index in [0.29, 0.717) is 13.2 Å². The van der Waals surface area contributed by atoms with E-state index in [0.717, 1.165) is 35.5 Å². The summed E-state index contributed by atoms with van der Waals surface area (Å²) in [6.07, 6.45) is 5.26. The number of nitrogens with one attached hydrogen (secondary N) is 1. The Morgan fingerprint density at radius 1 is 1.14 bits per heavy atom. The highest BCUT2D eigenvalue weighted by molar-refractivity contribution is 5.76. The molecule has 0 saturated carbocycles. The fourth-order valence-electron chi connectivity index (χ4n) is 3.50. The van der Waals surface area contributed by atoms with Crippen LogP contribution in [0.25, 0.3) is 0 Å². The van der Waals surface area contributed by atoms with Crippen LogP contribution in [0, 0.1) is 6.92 Å². The summed E-state index contributed by atoms with van der Waals surface area (Å²) < 4.78 is 13.0. The number of amides is 1. The van der Waals surface area contributed by atoms with Gasteiger partial charge in [-0.2, -0.15) is 5.10 Å². The van der Waals surface area contributed by atoms with Crippen molar-refractivity contribution in [1.82, 2.24) is 15.1 Å². The molecule has 3 aromatic rings. The highest BCUT2D eigenvalue weighted by Gasteiger charge is 2.19. The molecule has 0 fully saturated rings. The summed E-state index contributed by atoms with van der Waals surface area (Å²) in [5.74, 6) is 1.41. The number of fused-ring (bicyclic) bond motifs is 1. The van der Waals surface area contributed by atoms with E-state index < -0.39 is 0 Å². The van der Waals surface area contributed by atoms with Gasteiger partial charge in [0.05, 0.1) is 12.2 Å². The summed E-state index contributed by atoms with van der Waals surface area (Å²) in [6, 6.07) is 16.1. The Bertz CT molecular complexity index is 969. The van der Waals surface area contributed by atoms with Crippen LogP contribution in [0.1, 0.15) is 29.2 Å². The number of nitrogens with zero attached hydrogens (tertiary/aromatic N) is 2. The van der Waals surface area contributed by atoms with Crippen molar-refractivity contribution in [2.45, 2.75) is 32.4 Å². The first-order valence-electron chi connectivity index (χ1n) is 9.89. The maximum atomic E-state index is 12.7. The average molecular weight is 391 g/mol. The van der Waals surface area contributed by atoms with Gasteiger partial charge in [0.15, 0.2) is 11.5 Å². The highest BCUT2D eigenvalue weighted by Crippen LogP contribution is 2.33. The van der Waals surface area contributed by atoms with E-state index in [1.165, 1.54) is 5.56 Å². The second-order valence-corrected chi connectivity index (χ2v) is 7.26. The molecule has 1 amide bonds. The first kappa shape index (κ1) is 19.1. The van der Waals surface area contributed by atoms with Gasteiger partial charge in [-0.25, -0.2) is 0 Å². The number of aromatic nitrogens is 2. The van der Waals surface area contributed by atoms with Gasteiger partial charge >= 0.3 is 0 Å². The zero-order chi connectivity index (χ0) is 20.1. The first-order chi connectivity index (χ1) is 14.2. The number of rotatable bonds is 7. The molecule has 1 aromatic heterocycles. The molecule has 29 heavy (non-hydrogen) atoms. The molecule has 1 aliphatic rings. The molecule has 2 heterocycles. The van der Waals surface area contributed by atoms with Gasteiger partial charge < -0.3 is 14.8 Å². The Balaban J connectivity index is 1.50. The summed E-state index contributed by atoms with van der Waals surface area (Å²) in [7, 11) is 0. The largest absolute Gasteiger partial charge is 0.486 e. The Hall–Kier alpha value is -3.28. The molecule has 0 unspecified atom stereocenters. The van der Waals surface area contributed by atoms with E-state index in [2.05, 4.69) is 22.5 Å². The molecular formula is C23H25N3O3. The molecule has 1 N–H and O–H groups in total. The minimum atomic E-state index is -0.129. The topological polar surface area (TPSA) is 65.4 Å². The van der Waals surface area contributed by atoms with Crippen molar-refractivity contribution in [3.8, 4) is 11.5 Å². The lowest BCUT2D eigenvalue weighted by molar-refractivity contribution is -0.122. The van der Waals surface area contributed by atoms with Gasteiger partial charge in [0.1, 0.15) is 19.8 Å². The van der Waals surface area contributed by atoms with Crippen LogP contribution in [0.2, 0.25) is 0 Å². The monoisotopic (exact) mass is 391 g/mol. The van der Waals surface area contributed by atoms with E-state index in [-0.39, 0.29) is 18.5 Å². The smallest absolute Gasteiger partial charge is 0.242 e. The Morgan fingerprint density at radius 3 is 2.69 bits per heavy atom. The molecule has 1 atom stereocenters. The van der Waals surface area contributed by atoms with Crippen LogP contribution >= 0.6 is 0 Å². The van der Waals surface area contributed by atoms with Crippen LogP contribution in [-0.4, -0.2) is 28.9 Å². The van der Waals surface area contributed by atoms with Crippen molar-refractivity contribution in [3.63, 3.8) is 0 Å². The molecule has 6 heteroatoms. The molecule has 0 aliphatic carbocycles. The summed E-state index contributed by atoms with van der Waals surface area (Å²) in [5.41, 5.74) is 3.28. The lowest BCUT2D eigenvalue weighted by Gasteiger charge is -2.23. The summed E-state index contributed by atoms with van der Waals surface area (Å²) >= 11 is 0. The minimum Gasteiger partial charge on any atom is -0.486 e. The molecule has 4 rings (SSSR count). The maximum Gasteiger partial charge on any atom is 0.242 e. The van der Waals surface area contributed by atoms with Gasteiger partial charge in [-0.15, -0.1) is 0 Å². The van der Waals surface area contributed by atoms with E-state index >= 15 is 0 Å². The van der Waals surface area contributed by atoms with Crippen molar-refractivity contribution < 1.29 is 14.3 Å². The molecule has 150 valence electrons. The standard InChI is InChI=1S/C23H25N3O3/c1-17-14-24-26(15-17)16-23(27)25-20(9-7-18-5-3-2-4-6-18)19-8-10-21-22(13-19)29-12-11-28-21/h2-6,8,10,13-15,20H,7,9,11-12,16H2,1H3,(H,25,27)/t20-/m0/s1. The maximum absolute atomic E-state index is 12.7. The summed E-state index contributed by atoms with van der Waals surface area (Å²) in [4.78, 5) is 12.7. The number of carbonyl (C=O) groups excluding carboxylic acids is 1. The zero-order valence-electron chi connectivity index (χ0n) is 16.5. The lowest BCUT2D eigenvalue weighted by atomic mass is 9.98. The number of benzene rings is 2. The van der Waals surface area contributed by atoms with Crippen LogP contribution in [0.5, 0.6) is 11.5 Å². The quantitative estimate of drug-likeness (QED) is 0.670. The summed E-state index contributed by atoms with van der Waals surface area (Å²) in [6.45, 7) is 3.25. The third-order valence-corrected chi connectivity index (χ3v) is 4.94. The van der Waals surface area contributed by atoms with E-state index in [1.807, 2.05) is 49.5 Å². The van der Waals surface area contributed by atoms with E-state index in [9.17, 15) is 4.79 Å². The molecular weight excluding hydrogens is 366 g/mol. The van der Waals surface area contributed by atoms with E-state index in [4.69, 9.17) is 9.47 Å². The number of carbonyl (C=O) groups is 1. The molecule has 0 saturated heterocycles. The second kappa shape index (κ2) is 8.82. The fraction of sp³-hybridized carbons (Fsp3) is 0.304. The van der Waals surface area contributed by atoms with Crippen molar-refractivity contribution in [1.29, 1.82) is 0 Å². The summed E-state index contributed by atoms with van der Waals surface area (Å²) in [5, 5.41) is 7.38. The molecule has 0 bridgehead atoms. The van der Waals surface area contributed by atoms with Crippen molar-refractivity contribution in [3.05, 3.63) is 77.6 Å². The average Bonchev–Trinajstić information content (AvgIpc) is 3.16. The van der Waals surface area contributed by atoms with Gasteiger partial charge in [0.2, 0.25) is 5.91 Å². The predicted molar refractivity (Wildman–Crippen MR) is 110 cm³/mol. The number of hydrogen-bond acceptors (Lipinski definition) is 4. The zero-order valence-corrected chi connectivity index (χ0v) is 16.5. The predicted octanol–water partition coefficient (Wildman–Crippen LogP) is 3.45. The first-order valence-corrected chi connectivity index (χ1v) is 9.89. The van der Waals surface area contributed by atoms with Crippen LogP contribution < -0.4 is 14.8 Å². The Morgan fingerprint density at radius 2 is 1.93 bits per heavy atom. The number of aryl methyl sites for hydroxylation is 2. The Kier molecular flexibility index (Phi) is 5.79. The number of hydrogen-bond donors (Lipinski definition) is 1. The number of ether oxygens (including phenoxy) is 2. The van der Waals surface area contributed by atoms with Gasteiger partial charge in [0, 0.05) is 6.20 Å². The highest BCUT2D eigenvalue weighted by atomic mass is 16.6. The molecule has 6 nitrogen and oxygen atoms in total. The van der Waals surface area contributed by atoms with Crippen LogP contribution in [0.4, 0.5) is 0 Å². The van der Waals surface area contributed by atoms with Gasteiger partial charge in [-0.05, 0) is 48.6 Å². The van der Waals surface area contributed by atoms with E-state index in [1.54, 1.807) is 10.9 Å². The van der Waals surface area contributed by atoms with Gasteiger partial charge in [-0.3, -0.25) is 9.48 Å².